The van der Waals surface area contributed by atoms with Crippen molar-refractivity contribution in [2.45, 2.75) is 32.5 Å². The molecule has 2 aliphatic heterocycles. The number of hydrogen-bond acceptors (Lipinski definition) is 7. The van der Waals surface area contributed by atoms with Crippen LogP contribution in [0.15, 0.2) is 49.2 Å². The van der Waals surface area contributed by atoms with Crippen LogP contribution < -0.4 is 10.2 Å². The highest BCUT2D eigenvalue weighted by atomic mass is 16.6. The minimum absolute atomic E-state index is 0.00452. The summed E-state index contributed by atoms with van der Waals surface area (Å²) in [5.41, 5.74) is 2.34. The molecule has 9 heteroatoms. The molecule has 1 N–H and O–H groups in total. The van der Waals surface area contributed by atoms with Crippen molar-refractivity contribution >= 4 is 23.8 Å². The minimum Gasteiger partial charge on any atom is -0.447 e. The van der Waals surface area contributed by atoms with Gasteiger partial charge in [-0.2, -0.15) is 4.98 Å². The van der Waals surface area contributed by atoms with Gasteiger partial charge in [-0.1, -0.05) is 30.8 Å². The van der Waals surface area contributed by atoms with Crippen molar-refractivity contribution in [3.63, 3.8) is 0 Å². The van der Waals surface area contributed by atoms with E-state index in [2.05, 4.69) is 51.0 Å². The van der Waals surface area contributed by atoms with Gasteiger partial charge in [-0.05, 0) is 37.1 Å². The molecule has 2 atom stereocenters. The predicted octanol–water partition coefficient (Wildman–Crippen LogP) is 2.83. The lowest BCUT2D eigenvalue weighted by Crippen LogP contribution is -2.47. The number of piperazine rings is 1. The van der Waals surface area contributed by atoms with Crippen LogP contribution in [0.25, 0.3) is 0 Å². The molecule has 1 aromatic heterocycles. The lowest BCUT2D eigenvalue weighted by atomic mass is 10.1. The van der Waals surface area contributed by atoms with Crippen LogP contribution in [0, 0.1) is 0 Å². The second-order valence-electron chi connectivity index (χ2n) is 8.45. The molecule has 4 rings (SSSR count). The van der Waals surface area contributed by atoms with Gasteiger partial charge in [0.05, 0.1) is 12.1 Å². The lowest BCUT2D eigenvalue weighted by molar-refractivity contribution is -0.127. The molecule has 0 bridgehead atoms. The van der Waals surface area contributed by atoms with E-state index in [4.69, 9.17) is 4.74 Å². The second-order valence-corrected chi connectivity index (χ2v) is 8.45. The Morgan fingerprint density at radius 2 is 1.97 bits per heavy atom. The maximum Gasteiger partial charge on any atom is 0.415 e. The number of amides is 2. The topological polar surface area (TPSA) is 90.9 Å². The third kappa shape index (κ3) is 5.31. The van der Waals surface area contributed by atoms with Crippen LogP contribution in [0.1, 0.15) is 31.0 Å². The zero-order valence-electron chi connectivity index (χ0n) is 19.1. The van der Waals surface area contributed by atoms with Gasteiger partial charge in [0.25, 0.3) is 0 Å². The highest BCUT2D eigenvalue weighted by molar-refractivity contribution is 5.89. The van der Waals surface area contributed by atoms with Crippen molar-refractivity contribution in [3.05, 3.63) is 60.3 Å². The summed E-state index contributed by atoms with van der Waals surface area (Å²) >= 11 is 0. The van der Waals surface area contributed by atoms with Gasteiger partial charge in [0.1, 0.15) is 12.4 Å². The van der Waals surface area contributed by atoms with E-state index in [9.17, 15) is 9.59 Å². The number of nitrogens with one attached hydrogen (secondary N) is 1. The number of ether oxygens (including phenoxy) is 1. The summed E-state index contributed by atoms with van der Waals surface area (Å²) in [6.07, 6.45) is 2.64. The maximum atomic E-state index is 12.0. The largest absolute Gasteiger partial charge is 0.447 e. The molecule has 9 nitrogen and oxygen atoms in total. The quantitative estimate of drug-likeness (QED) is 0.649. The standard InChI is InChI=1S/C24H30N6O3/c1-4-22(31)29-13-11-28(12-14-29)15-19-5-7-20(8-6-19)18(3)26-23-25-10-9-21(27-23)30-17(2)16-33-24(30)32/h4-10,17-18H,1,11-16H2,2-3H3,(H,25,26,27)/t17?,18-/m0/s1. The summed E-state index contributed by atoms with van der Waals surface area (Å²) in [6, 6.07) is 10.1. The summed E-state index contributed by atoms with van der Waals surface area (Å²) in [6.45, 7) is 11.9. The fourth-order valence-corrected chi connectivity index (χ4v) is 4.09. The molecule has 3 heterocycles. The molecule has 0 radical (unpaired) electrons. The Kier molecular flexibility index (Phi) is 6.88. The molecular formula is C24H30N6O3. The average molecular weight is 451 g/mol. The molecule has 2 saturated heterocycles. The van der Waals surface area contributed by atoms with E-state index in [0.717, 1.165) is 38.3 Å². The zero-order chi connectivity index (χ0) is 23.4. The first-order valence-corrected chi connectivity index (χ1v) is 11.2. The summed E-state index contributed by atoms with van der Waals surface area (Å²) in [5, 5.41) is 3.32. The van der Waals surface area contributed by atoms with Crippen molar-refractivity contribution in [3.8, 4) is 0 Å². The third-order valence-corrected chi connectivity index (χ3v) is 6.06. The van der Waals surface area contributed by atoms with Crippen LogP contribution in [-0.2, 0) is 16.1 Å². The summed E-state index contributed by atoms with van der Waals surface area (Å²) in [7, 11) is 0. The number of carbonyl (C=O) groups is 2. The van der Waals surface area contributed by atoms with Crippen LogP contribution in [0.3, 0.4) is 0 Å². The number of rotatable bonds is 7. The van der Waals surface area contributed by atoms with Crippen molar-refractivity contribution in [2.75, 3.05) is 43.0 Å². The maximum absolute atomic E-state index is 12.0. The van der Waals surface area contributed by atoms with Crippen LogP contribution in [0.4, 0.5) is 16.6 Å². The Balaban J connectivity index is 1.33. The number of aromatic nitrogens is 2. The average Bonchev–Trinajstić information content (AvgIpc) is 3.17. The number of carbonyl (C=O) groups excluding carboxylic acids is 2. The van der Waals surface area contributed by atoms with Gasteiger partial charge in [-0.25, -0.2) is 9.78 Å². The second kappa shape index (κ2) is 9.99. The summed E-state index contributed by atoms with van der Waals surface area (Å²) in [5.74, 6) is 0.993. The van der Waals surface area contributed by atoms with E-state index < -0.39 is 0 Å². The fraction of sp³-hybridized carbons (Fsp3) is 0.417. The van der Waals surface area contributed by atoms with E-state index in [1.165, 1.54) is 11.6 Å². The van der Waals surface area contributed by atoms with Crippen LogP contribution in [-0.4, -0.2) is 70.6 Å². The van der Waals surface area contributed by atoms with Crippen LogP contribution >= 0.6 is 0 Å². The molecule has 0 aliphatic carbocycles. The molecule has 2 aromatic rings. The third-order valence-electron chi connectivity index (χ3n) is 6.06. The van der Waals surface area contributed by atoms with Gasteiger partial charge in [0, 0.05) is 38.9 Å². The zero-order valence-corrected chi connectivity index (χ0v) is 19.1. The van der Waals surface area contributed by atoms with Crippen molar-refractivity contribution in [2.24, 2.45) is 0 Å². The van der Waals surface area contributed by atoms with E-state index in [-0.39, 0.29) is 24.1 Å². The van der Waals surface area contributed by atoms with Crippen LogP contribution in [0.5, 0.6) is 0 Å². The van der Waals surface area contributed by atoms with Gasteiger partial charge in [-0.3, -0.25) is 14.6 Å². The minimum atomic E-state index is -0.385. The van der Waals surface area contributed by atoms with Gasteiger partial charge in [0.15, 0.2) is 0 Å². The predicted molar refractivity (Wildman–Crippen MR) is 126 cm³/mol. The van der Waals surface area contributed by atoms with Gasteiger partial charge < -0.3 is 15.0 Å². The Labute approximate surface area is 194 Å². The van der Waals surface area contributed by atoms with Crippen molar-refractivity contribution < 1.29 is 14.3 Å². The van der Waals surface area contributed by atoms with Gasteiger partial charge in [0.2, 0.25) is 11.9 Å². The first kappa shape index (κ1) is 22.7. The molecule has 33 heavy (non-hydrogen) atoms. The summed E-state index contributed by atoms with van der Waals surface area (Å²) in [4.78, 5) is 38.2. The first-order chi connectivity index (χ1) is 15.9. The van der Waals surface area contributed by atoms with Gasteiger partial charge >= 0.3 is 6.09 Å². The molecule has 174 valence electrons. The first-order valence-electron chi connectivity index (χ1n) is 11.2. The van der Waals surface area contributed by atoms with Crippen molar-refractivity contribution in [1.29, 1.82) is 0 Å². The number of nitrogens with zero attached hydrogens (tertiary/aromatic N) is 5. The Morgan fingerprint density at radius 3 is 2.61 bits per heavy atom. The highest BCUT2D eigenvalue weighted by Crippen LogP contribution is 2.23. The normalized spacial score (nSPS) is 19.8. The van der Waals surface area contributed by atoms with E-state index in [1.807, 2.05) is 18.7 Å². The Morgan fingerprint density at radius 1 is 1.24 bits per heavy atom. The smallest absolute Gasteiger partial charge is 0.415 e. The molecular weight excluding hydrogens is 420 g/mol. The highest BCUT2D eigenvalue weighted by Gasteiger charge is 2.32. The number of anilines is 2. The van der Waals surface area contributed by atoms with E-state index in [0.29, 0.717) is 18.4 Å². The number of benzene rings is 1. The Bertz CT molecular complexity index is 1000. The molecule has 2 aliphatic rings. The van der Waals surface area contributed by atoms with E-state index in [1.54, 1.807) is 17.2 Å². The molecule has 0 saturated carbocycles. The molecule has 1 unspecified atom stereocenters. The Hall–Kier alpha value is -3.46. The molecule has 2 amide bonds. The van der Waals surface area contributed by atoms with Crippen molar-refractivity contribution in [1.82, 2.24) is 19.8 Å². The van der Waals surface area contributed by atoms with E-state index >= 15 is 0 Å². The van der Waals surface area contributed by atoms with Crippen LogP contribution in [0.2, 0.25) is 0 Å². The fourth-order valence-electron chi connectivity index (χ4n) is 4.09. The molecule has 1 aromatic carbocycles. The number of hydrogen-bond donors (Lipinski definition) is 1. The monoisotopic (exact) mass is 450 g/mol. The summed E-state index contributed by atoms with van der Waals surface area (Å²) < 4.78 is 5.09. The molecule has 0 spiro atoms. The SMILES string of the molecule is C=CC(=O)N1CCN(Cc2ccc([C@H](C)Nc3nccc(N4C(=O)OCC4C)n3)cc2)CC1. The van der Waals surface area contributed by atoms with Gasteiger partial charge in [-0.15, -0.1) is 0 Å². The lowest BCUT2D eigenvalue weighted by Gasteiger charge is -2.34. The molecule has 2 fully saturated rings. The number of cyclic esters (lactones) is 1.